The van der Waals surface area contributed by atoms with Crippen molar-refractivity contribution in [1.29, 1.82) is 0 Å². The Labute approximate surface area is 141 Å². The summed E-state index contributed by atoms with van der Waals surface area (Å²) in [5, 5.41) is 3.11. The van der Waals surface area contributed by atoms with Crippen molar-refractivity contribution >= 4 is 12.0 Å². The van der Waals surface area contributed by atoms with Crippen molar-refractivity contribution in [2.24, 2.45) is 0 Å². The molecule has 0 atom stereocenters. The Morgan fingerprint density at radius 3 is 2.42 bits per heavy atom. The largest absolute Gasteiger partial charge is 0.450 e. The van der Waals surface area contributed by atoms with Gasteiger partial charge in [-0.15, -0.1) is 0 Å². The van der Waals surface area contributed by atoms with Crippen molar-refractivity contribution in [2.45, 2.75) is 44.1 Å². The van der Waals surface area contributed by atoms with Crippen molar-refractivity contribution in [2.75, 3.05) is 19.7 Å². The van der Waals surface area contributed by atoms with Gasteiger partial charge in [-0.05, 0) is 50.3 Å². The summed E-state index contributed by atoms with van der Waals surface area (Å²) < 4.78 is 18.1. The second-order valence-corrected chi connectivity index (χ2v) is 6.52. The Hall–Kier alpha value is -2.11. The summed E-state index contributed by atoms with van der Waals surface area (Å²) >= 11 is 0. The van der Waals surface area contributed by atoms with E-state index in [1.807, 2.05) is 0 Å². The minimum absolute atomic E-state index is 0.0173. The Balaban J connectivity index is 1.55. The van der Waals surface area contributed by atoms with Gasteiger partial charge in [-0.3, -0.25) is 4.79 Å². The standard InChI is InChI=1S/C18H23FN2O3/c1-2-24-17(23)21-11-7-15(8-12-21)20-16(22)18(9-10-18)13-3-5-14(19)6-4-13/h3-6,15H,2,7-12H2,1H3,(H,20,22). The second kappa shape index (κ2) is 6.79. The lowest BCUT2D eigenvalue weighted by molar-refractivity contribution is -0.124. The van der Waals surface area contributed by atoms with Crippen LogP contribution in [-0.2, 0) is 14.9 Å². The van der Waals surface area contributed by atoms with Gasteiger partial charge in [0, 0.05) is 19.1 Å². The molecular formula is C18H23FN2O3. The van der Waals surface area contributed by atoms with Gasteiger partial charge in [0.15, 0.2) is 0 Å². The summed E-state index contributed by atoms with van der Waals surface area (Å²) in [6, 6.07) is 6.28. The number of benzene rings is 1. The highest BCUT2D eigenvalue weighted by molar-refractivity contribution is 5.91. The Morgan fingerprint density at radius 1 is 1.25 bits per heavy atom. The zero-order valence-electron chi connectivity index (χ0n) is 13.9. The van der Waals surface area contributed by atoms with Crippen LogP contribution in [0, 0.1) is 5.82 Å². The molecule has 0 bridgehead atoms. The predicted octanol–water partition coefficient (Wildman–Crippen LogP) is 2.59. The number of carbonyl (C=O) groups is 2. The molecular weight excluding hydrogens is 311 g/mol. The zero-order chi connectivity index (χ0) is 17.2. The fourth-order valence-electron chi connectivity index (χ4n) is 3.29. The highest BCUT2D eigenvalue weighted by Gasteiger charge is 2.51. The van der Waals surface area contributed by atoms with Crippen LogP contribution >= 0.6 is 0 Å². The van der Waals surface area contributed by atoms with E-state index in [4.69, 9.17) is 4.74 Å². The summed E-state index contributed by atoms with van der Waals surface area (Å²) in [5.74, 6) is -0.273. The number of carbonyl (C=O) groups excluding carboxylic acids is 2. The topological polar surface area (TPSA) is 58.6 Å². The highest BCUT2D eigenvalue weighted by Crippen LogP contribution is 2.48. The second-order valence-electron chi connectivity index (χ2n) is 6.52. The average molecular weight is 334 g/mol. The molecule has 0 aromatic heterocycles. The molecule has 6 heteroatoms. The van der Waals surface area contributed by atoms with Gasteiger partial charge in [0.1, 0.15) is 5.82 Å². The molecule has 1 aliphatic heterocycles. The molecule has 0 radical (unpaired) electrons. The first kappa shape index (κ1) is 16.7. The molecule has 2 amide bonds. The molecule has 1 heterocycles. The number of nitrogens with zero attached hydrogens (tertiary/aromatic N) is 1. The molecule has 5 nitrogen and oxygen atoms in total. The van der Waals surface area contributed by atoms with Crippen molar-refractivity contribution in [3.63, 3.8) is 0 Å². The molecule has 1 saturated heterocycles. The fraction of sp³-hybridized carbons (Fsp3) is 0.556. The number of rotatable bonds is 4. The maximum absolute atomic E-state index is 13.1. The Morgan fingerprint density at radius 2 is 1.88 bits per heavy atom. The molecule has 0 spiro atoms. The molecule has 2 fully saturated rings. The normalized spacial score (nSPS) is 19.7. The van der Waals surface area contributed by atoms with Crippen LogP contribution in [0.1, 0.15) is 38.2 Å². The molecule has 2 aliphatic rings. The monoisotopic (exact) mass is 334 g/mol. The first-order valence-corrected chi connectivity index (χ1v) is 8.54. The molecule has 1 aromatic rings. The van der Waals surface area contributed by atoms with E-state index in [0.29, 0.717) is 19.7 Å². The van der Waals surface area contributed by atoms with Crippen LogP contribution in [0.25, 0.3) is 0 Å². The highest BCUT2D eigenvalue weighted by atomic mass is 19.1. The third kappa shape index (κ3) is 3.37. The number of ether oxygens (including phenoxy) is 1. The lowest BCUT2D eigenvalue weighted by atomic mass is 9.94. The van der Waals surface area contributed by atoms with E-state index in [9.17, 15) is 14.0 Å². The smallest absolute Gasteiger partial charge is 0.409 e. The van der Waals surface area contributed by atoms with Crippen molar-refractivity contribution in [3.05, 3.63) is 35.6 Å². The first-order chi connectivity index (χ1) is 11.5. The molecule has 1 aromatic carbocycles. The maximum Gasteiger partial charge on any atom is 0.409 e. The number of hydrogen-bond acceptors (Lipinski definition) is 3. The number of amides is 2. The van der Waals surface area contributed by atoms with Gasteiger partial charge in [0.05, 0.1) is 12.0 Å². The Kier molecular flexibility index (Phi) is 4.73. The molecule has 24 heavy (non-hydrogen) atoms. The first-order valence-electron chi connectivity index (χ1n) is 8.54. The van der Waals surface area contributed by atoms with Gasteiger partial charge in [-0.2, -0.15) is 0 Å². The number of nitrogens with one attached hydrogen (secondary N) is 1. The van der Waals surface area contributed by atoms with Crippen LogP contribution < -0.4 is 5.32 Å². The van der Waals surface area contributed by atoms with Crippen molar-refractivity contribution in [1.82, 2.24) is 10.2 Å². The van der Waals surface area contributed by atoms with E-state index in [1.54, 1.807) is 24.0 Å². The maximum atomic E-state index is 13.1. The van der Waals surface area contributed by atoms with E-state index in [2.05, 4.69) is 5.32 Å². The average Bonchev–Trinajstić information content (AvgIpc) is 3.38. The zero-order valence-corrected chi connectivity index (χ0v) is 13.9. The number of likely N-dealkylation sites (tertiary alicyclic amines) is 1. The fourth-order valence-corrected chi connectivity index (χ4v) is 3.29. The summed E-state index contributed by atoms with van der Waals surface area (Å²) in [5.41, 5.74) is 0.386. The van der Waals surface area contributed by atoms with E-state index >= 15 is 0 Å². The molecule has 1 aliphatic carbocycles. The van der Waals surface area contributed by atoms with Crippen LogP contribution in [0.4, 0.5) is 9.18 Å². The Bertz CT molecular complexity index is 605. The quantitative estimate of drug-likeness (QED) is 0.921. The minimum Gasteiger partial charge on any atom is -0.450 e. The molecule has 1 saturated carbocycles. The van der Waals surface area contributed by atoms with Crippen LogP contribution in [0.5, 0.6) is 0 Å². The van der Waals surface area contributed by atoms with Crippen LogP contribution in [0.15, 0.2) is 24.3 Å². The van der Waals surface area contributed by atoms with E-state index in [0.717, 1.165) is 31.2 Å². The van der Waals surface area contributed by atoms with Crippen molar-refractivity contribution < 1.29 is 18.7 Å². The van der Waals surface area contributed by atoms with Gasteiger partial charge in [-0.1, -0.05) is 12.1 Å². The van der Waals surface area contributed by atoms with E-state index in [-0.39, 0.29) is 23.9 Å². The third-order valence-corrected chi connectivity index (χ3v) is 4.94. The van der Waals surface area contributed by atoms with Crippen LogP contribution in [0.2, 0.25) is 0 Å². The lowest BCUT2D eigenvalue weighted by Crippen LogP contribution is -2.49. The summed E-state index contributed by atoms with van der Waals surface area (Å²) in [6.45, 7) is 3.34. The SMILES string of the molecule is CCOC(=O)N1CCC(NC(=O)C2(c3ccc(F)cc3)CC2)CC1. The number of halogens is 1. The molecule has 1 N–H and O–H groups in total. The van der Waals surface area contributed by atoms with Crippen LogP contribution in [-0.4, -0.2) is 42.6 Å². The number of piperidine rings is 1. The van der Waals surface area contributed by atoms with Gasteiger partial charge in [0.25, 0.3) is 0 Å². The predicted molar refractivity (Wildman–Crippen MR) is 87.1 cm³/mol. The van der Waals surface area contributed by atoms with E-state index < -0.39 is 5.41 Å². The summed E-state index contributed by atoms with van der Waals surface area (Å²) in [6.07, 6.45) is 2.76. The van der Waals surface area contributed by atoms with Crippen molar-refractivity contribution in [3.8, 4) is 0 Å². The molecule has 3 rings (SSSR count). The van der Waals surface area contributed by atoms with Gasteiger partial charge in [0.2, 0.25) is 5.91 Å². The van der Waals surface area contributed by atoms with Gasteiger partial charge >= 0.3 is 6.09 Å². The lowest BCUT2D eigenvalue weighted by Gasteiger charge is -2.32. The molecule has 130 valence electrons. The summed E-state index contributed by atoms with van der Waals surface area (Å²) in [4.78, 5) is 26.1. The summed E-state index contributed by atoms with van der Waals surface area (Å²) in [7, 11) is 0. The molecule has 0 unspecified atom stereocenters. The van der Waals surface area contributed by atoms with Gasteiger partial charge in [-0.25, -0.2) is 9.18 Å². The van der Waals surface area contributed by atoms with Gasteiger partial charge < -0.3 is 15.0 Å². The van der Waals surface area contributed by atoms with Crippen LogP contribution in [0.3, 0.4) is 0 Å². The number of hydrogen-bond donors (Lipinski definition) is 1. The van der Waals surface area contributed by atoms with E-state index in [1.165, 1.54) is 12.1 Å². The minimum atomic E-state index is -0.494. The third-order valence-electron chi connectivity index (χ3n) is 4.94.